The second-order valence-electron chi connectivity index (χ2n) is 4.10. The molecule has 2 N–H and O–H groups in total. The third-order valence-electron chi connectivity index (χ3n) is 2.64. The molecule has 1 aliphatic rings. The number of hydrogen-bond acceptors (Lipinski definition) is 3. The largest absolute Gasteiger partial charge is 0.324 e. The molecule has 18 heavy (non-hydrogen) atoms. The number of thioether (sulfide) groups is 1. The van der Waals surface area contributed by atoms with Crippen molar-refractivity contribution < 1.29 is 9.18 Å². The molecule has 0 aliphatic carbocycles. The van der Waals surface area contributed by atoms with Crippen molar-refractivity contribution in [2.24, 2.45) is 0 Å². The van der Waals surface area contributed by atoms with Crippen LogP contribution in [0.4, 0.5) is 10.1 Å². The van der Waals surface area contributed by atoms with E-state index < -0.39 is 5.82 Å². The first-order valence-electron chi connectivity index (χ1n) is 5.71. The second-order valence-corrected chi connectivity index (χ2v) is 5.69. The van der Waals surface area contributed by atoms with Gasteiger partial charge in [-0.05, 0) is 18.2 Å². The number of carbonyl (C=O) groups is 1. The van der Waals surface area contributed by atoms with Crippen molar-refractivity contribution in [1.29, 1.82) is 0 Å². The molecular weight excluding hydrogens is 275 g/mol. The molecule has 2 rings (SSSR count). The summed E-state index contributed by atoms with van der Waals surface area (Å²) in [5.74, 6) is 1.29. The summed E-state index contributed by atoms with van der Waals surface area (Å²) in [4.78, 5) is 11.8. The van der Waals surface area contributed by atoms with Gasteiger partial charge < -0.3 is 10.6 Å². The molecule has 1 amide bonds. The zero-order chi connectivity index (χ0) is 13.0. The van der Waals surface area contributed by atoms with Crippen molar-refractivity contribution in [2.45, 2.75) is 12.5 Å². The highest BCUT2D eigenvalue weighted by atomic mass is 35.5. The summed E-state index contributed by atoms with van der Waals surface area (Å²) in [5.41, 5.74) is 0.174. The molecular formula is C12H14ClFN2OS. The number of anilines is 1. The molecule has 1 aromatic rings. The van der Waals surface area contributed by atoms with E-state index in [1.54, 1.807) is 6.07 Å². The van der Waals surface area contributed by atoms with E-state index in [1.165, 1.54) is 12.1 Å². The molecule has 1 aliphatic heterocycles. The standard InChI is InChI=1S/C12H14ClFN2OS/c13-8-1-2-11(10(14)5-8)16-12(17)6-9-7-18-4-3-15-9/h1-2,5,9,15H,3-4,6-7H2,(H,16,17). The predicted molar refractivity (Wildman–Crippen MR) is 73.8 cm³/mol. The third-order valence-corrected chi connectivity index (χ3v) is 4.00. The van der Waals surface area contributed by atoms with Crippen LogP contribution in [0.5, 0.6) is 0 Å². The summed E-state index contributed by atoms with van der Waals surface area (Å²) in [6.07, 6.45) is 0.356. The van der Waals surface area contributed by atoms with Crippen LogP contribution < -0.4 is 10.6 Å². The van der Waals surface area contributed by atoms with Gasteiger partial charge in [-0.25, -0.2) is 4.39 Å². The maximum Gasteiger partial charge on any atom is 0.226 e. The Bertz CT molecular complexity index is 438. The lowest BCUT2D eigenvalue weighted by molar-refractivity contribution is -0.116. The van der Waals surface area contributed by atoms with Gasteiger partial charge in [0, 0.05) is 35.5 Å². The first-order valence-corrected chi connectivity index (χ1v) is 7.24. The van der Waals surface area contributed by atoms with Crippen LogP contribution in [0.2, 0.25) is 5.02 Å². The Morgan fingerprint density at radius 1 is 1.61 bits per heavy atom. The minimum absolute atomic E-state index is 0.166. The highest BCUT2D eigenvalue weighted by Gasteiger charge is 2.17. The number of amides is 1. The molecule has 0 spiro atoms. The topological polar surface area (TPSA) is 41.1 Å². The number of hydrogen-bond donors (Lipinski definition) is 2. The smallest absolute Gasteiger partial charge is 0.226 e. The fraction of sp³-hybridized carbons (Fsp3) is 0.417. The molecule has 1 fully saturated rings. The Kier molecular flexibility index (Phi) is 4.86. The van der Waals surface area contributed by atoms with Crippen LogP contribution >= 0.6 is 23.4 Å². The quantitative estimate of drug-likeness (QED) is 0.898. The van der Waals surface area contributed by atoms with E-state index in [9.17, 15) is 9.18 Å². The first-order chi connectivity index (χ1) is 8.65. The lowest BCUT2D eigenvalue weighted by atomic mass is 10.2. The Hall–Kier alpha value is -0.780. The van der Waals surface area contributed by atoms with Crippen LogP contribution in [0.25, 0.3) is 0 Å². The van der Waals surface area contributed by atoms with E-state index in [-0.39, 0.29) is 17.6 Å². The minimum Gasteiger partial charge on any atom is -0.324 e. The summed E-state index contributed by atoms with van der Waals surface area (Å²) in [6, 6.07) is 4.37. The molecule has 1 atom stereocenters. The number of benzene rings is 1. The van der Waals surface area contributed by atoms with Gasteiger partial charge >= 0.3 is 0 Å². The van der Waals surface area contributed by atoms with Crippen molar-refractivity contribution in [3.05, 3.63) is 29.0 Å². The number of carbonyl (C=O) groups excluding carboxylic acids is 1. The number of nitrogens with one attached hydrogen (secondary N) is 2. The van der Waals surface area contributed by atoms with Gasteiger partial charge in [-0.1, -0.05) is 11.6 Å². The third kappa shape index (κ3) is 3.86. The fourth-order valence-corrected chi connectivity index (χ4v) is 2.87. The maximum absolute atomic E-state index is 13.5. The van der Waals surface area contributed by atoms with Gasteiger partial charge in [0.15, 0.2) is 0 Å². The molecule has 1 saturated heterocycles. The molecule has 0 bridgehead atoms. The molecule has 1 aromatic carbocycles. The van der Waals surface area contributed by atoms with Crippen LogP contribution in [-0.4, -0.2) is 30.0 Å². The zero-order valence-corrected chi connectivity index (χ0v) is 11.3. The summed E-state index contributed by atoms with van der Waals surface area (Å²) >= 11 is 7.47. The fourth-order valence-electron chi connectivity index (χ4n) is 1.77. The summed E-state index contributed by atoms with van der Waals surface area (Å²) < 4.78 is 13.5. The van der Waals surface area contributed by atoms with Gasteiger partial charge in [0.05, 0.1) is 5.69 Å². The minimum atomic E-state index is -0.512. The normalized spacial score (nSPS) is 19.6. The molecule has 6 heteroatoms. The van der Waals surface area contributed by atoms with Gasteiger partial charge in [0.25, 0.3) is 0 Å². The van der Waals surface area contributed by atoms with Crippen molar-refractivity contribution in [1.82, 2.24) is 5.32 Å². The van der Waals surface area contributed by atoms with E-state index in [2.05, 4.69) is 10.6 Å². The van der Waals surface area contributed by atoms with Crippen LogP contribution in [0.3, 0.4) is 0 Å². The van der Waals surface area contributed by atoms with E-state index in [4.69, 9.17) is 11.6 Å². The number of halogens is 2. The lowest BCUT2D eigenvalue weighted by Crippen LogP contribution is -2.39. The van der Waals surface area contributed by atoms with Gasteiger partial charge in [0.1, 0.15) is 5.82 Å². The SMILES string of the molecule is O=C(CC1CSCCN1)Nc1ccc(Cl)cc1F. The molecule has 0 radical (unpaired) electrons. The molecule has 1 unspecified atom stereocenters. The predicted octanol–water partition coefficient (Wildman–Crippen LogP) is 2.51. The van der Waals surface area contributed by atoms with Crippen LogP contribution in [-0.2, 0) is 4.79 Å². The van der Waals surface area contributed by atoms with Gasteiger partial charge in [0.2, 0.25) is 5.91 Å². The average Bonchev–Trinajstić information content (AvgIpc) is 2.34. The first kappa shape index (κ1) is 13.6. The van der Waals surface area contributed by atoms with E-state index in [1.807, 2.05) is 11.8 Å². The number of rotatable bonds is 3. The Morgan fingerprint density at radius 3 is 3.11 bits per heavy atom. The van der Waals surface area contributed by atoms with Crippen LogP contribution in [0.1, 0.15) is 6.42 Å². The highest BCUT2D eigenvalue weighted by Crippen LogP contribution is 2.19. The average molecular weight is 289 g/mol. The van der Waals surface area contributed by atoms with Gasteiger partial charge in [-0.2, -0.15) is 11.8 Å². The van der Waals surface area contributed by atoms with Crippen LogP contribution in [0.15, 0.2) is 18.2 Å². The van der Waals surface area contributed by atoms with E-state index >= 15 is 0 Å². The van der Waals surface area contributed by atoms with Crippen molar-refractivity contribution in [3.8, 4) is 0 Å². The summed E-state index contributed by atoms with van der Waals surface area (Å²) in [7, 11) is 0. The second kappa shape index (κ2) is 6.41. The van der Waals surface area contributed by atoms with E-state index in [0.29, 0.717) is 11.4 Å². The van der Waals surface area contributed by atoms with Crippen molar-refractivity contribution >= 4 is 35.0 Å². The molecule has 3 nitrogen and oxygen atoms in total. The molecule has 0 saturated carbocycles. The molecule has 98 valence electrons. The summed E-state index contributed by atoms with van der Waals surface area (Å²) in [5, 5.41) is 6.14. The van der Waals surface area contributed by atoms with Gasteiger partial charge in [-0.15, -0.1) is 0 Å². The highest BCUT2D eigenvalue weighted by molar-refractivity contribution is 7.99. The van der Waals surface area contributed by atoms with E-state index in [0.717, 1.165) is 18.1 Å². The van der Waals surface area contributed by atoms with Crippen LogP contribution in [0, 0.1) is 5.82 Å². The van der Waals surface area contributed by atoms with Crippen molar-refractivity contribution in [2.75, 3.05) is 23.4 Å². The summed E-state index contributed by atoms with van der Waals surface area (Å²) in [6.45, 7) is 0.915. The van der Waals surface area contributed by atoms with Gasteiger partial charge in [-0.3, -0.25) is 4.79 Å². The zero-order valence-electron chi connectivity index (χ0n) is 9.71. The Morgan fingerprint density at radius 2 is 2.44 bits per heavy atom. The monoisotopic (exact) mass is 288 g/mol. The molecule has 1 heterocycles. The maximum atomic E-state index is 13.5. The van der Waals surface area contributed by atoms with Crippen molar-refractivity contribution in [3.63, 3.8) is 0 Å². The lowest BCUT2D eigenvalue weighted by Gasteiger charge is -2.22. The Balaban J connectivity index is 1.90. The molecule has 0 aromatic heterocycles. The Labute approximate surface area is 114 Å².